The number of hydrogen-bond donors (Lipinski definition) is 1. The van der Waals surface area contributed by atoms with Crippen molar-refractivity contribution in [3.8, 4) is 11.5 Å². The molecule has 0 amide bonds. The van der Waals surface area contributed by atoms with Gasteiger partial charge in [-0.15, -0.1) is 0 Å². The van der Waals surface area contributed by atoms with Crippen molar-refractivity contribution < 1.29 is 9.84 Å². The van der Waals surface area contributed by atoms with Gasteiger partial charge in [0.2, 0.25) is 0 Å². The molecule has 26 heavy (non-hydrogen) atoms. The fourth-order valence-corrected chi connectivity index (χ4v) is 3.93. The van der Waals surface area contributed by atoms with Crippen molar-refractivity contribution in [2.24, 2.45) is 4.99 Å². The molecule has 1 aliphatic heterocycles. The summed E-state index contributed by atoms with van der Waals surface area (Å²) in [6.45, 7) is 4.49. The number of para-hydroxylation sites is 2. The first-order valence-corrected chi connectivity index (χ1v) is 10.4. The molecule has 1 fully saturated rings. The third-order valence-corrected chi connectivity index (χ3v) is 6.42. The van der Waals surface area contributed by atoms with Crippen molar-refractivity contribution in [3.63, 3.8) is 0 Å². The highest BCUT2D eigenvalue weighted by molar-refractivity contribution is 9.13. The monoisotopic (exact) mass is 480 g/mol. The lowest BCUT2D eigenvalue weighted by Gasteiger charge is -2.29. The number of rotatable bonds is 5. The molecule has 0 atom stereocenters. The first-order valence-electron chi connectivity index (χ1n) is 8.83. The summed E-state index contributed by atoms with van der Waals surface area (Å²) in [5, 5.41) is 10.5. The van der Waals surface area contributed by atoms with Gasteiger partial charge in [-0.3, -0.25) is 4.99 Å². The molecular formula is C20H22Br2N2O2. The van der Waals surface area contributed by atoms with Gasteiger partial charge in [0.15, 0.2) is 11.5 Å². The zero-order chi connectivity index (χ0) is 18.5. The van der Waals surface area contributed by atoms with Crippen molar-refractivity contribution in [1.29, 1.82) is 0 Å². The number of piperidine rings is 1. The molecule has 1 N–H and O–H groups in total. The highest BCUT2D eigenvalue weighted by Crippen LogP contribution is 2.40. The molecule has 3 rings (SSSR count). The van der Waals surface area contributed by atoms with E-state index in [1.165, 1.54) is 19.3 Å². The molecule has 0 aliphatic carbocycles. The maximum Gasteiger partial charge on any atom is 0.167 e. The van der Waals surface area contributed by atoms with E-state index in [1.807, 2.05) is 25.1 Å². The van der Waals surface area contributed by atoms with Crippen molar-refractivity contribution in [3.05, 3.63) is 44.8 Å². The zero-order valence-corrected chi connectivity index (χ0v) is 17.9. The molecule has 138 valence electrons. The average molecular weight is 482 g/mol. The molecule has 1 aliphatic rings. The van der Waals surface area contributed by atoms with Gasteiger partial charge < -0.3 is 14.7 Å². The standard InChI is InChI=1S/C20H22Br2N2O2/c1-2-26-18-12-15(21)19(22)14(20(18)25)13-23-16-8-4-5-9-17(16)24-10-6-3-7-11-24/h4-5,8-9,12-13,25H,2-3,6-7,10-11H2,1H3. The molecule has 0 spiro atoms. The fourth-order valence-electron chi connectivity index (χ4n) is 3.11. The lowest BCUT2D eigenvalue weighted by atomic mass is 10.1. The Morgan fingerprint density at radius 1 is 1.19 bits per heavy atom. The Balaban J connectivity index is 1.96. The number of nitrogens with zero attached hydrogens (tertiary/aromatic N) is 2. The maximum atomic E-state index is 10.5. The molecule has 0 saturated carbocycles. The van der Waals surface area contributed by atoms with E-state index in [2.05, 4.69) is 47.8 Å². The Bertz CT molecular complexity index is 803. The molecule has 6 heteroatoms. The second-order valence-electron chi connectivity index (χ2n) is 6.16. The van der Waals surface area contributed by atoms with E-state index in [-0.39, 0.29) is 5.75 Å². The van der Waals surface area contributed by atoms with E-state index >= 15 is 0 Å². The van der Waals surface area contributed by atoms with Crippen molar-refractivity contribution in [2.45, 2.75) is 26.2 Å². The molecule has 0 radical (unpaired) electrons. The highest BCUT2D eigenvalue weighted by Gasteiger charge is 2.16. The molecule has 1 saturated heterocycles. The molecule has 0 bridgehead atoms. The summed E-state index contributed by atoms with van der Waals surface area (Å²) < 4.78 is 7.07. The Labute approximate surface area is 171 Å². The van der Waals surface area contributed by atoms with E-state index < -0.39 is 0 Å². The van der Waals surface area contributed by atoms with E-state index in [0.29, 0.717) is 17.9 Å². The summed E-state index contributed by atoms with van der Waals surface area (Å²) in [5.41, 5.74) is 2.63. The van der Waals surface area contributed by atoms with Gasteiger partial charge >= 0.3 is 0 Å². The van der Waals surface area contributed by atoms with Gasteiger partial charge in [0.1, 0.15) is 0 Å². The summed E-state index contributed by atoms with van der Waals surface area (Å²) >= 11 is 7.02. The van der Waals surface area contributed by atoms with Crippen LogP contribution in [0.2, 0.25) is 0 Å². The van der Waals surface area contributed by atoms with Gasteiger partial charge in [-0.1, -0.05) is 12.1 Å². The number of anilines is 1. The first kappa shape index (κ1) is 19.2. The summed E-state index contributed by atoms with van der Waals surface area (Å²) in [5.74, 6) is 0.523. The molecule has 0 aromatic heterocycles. The van der Waals surface area contributed by atoms with Crippen LogP contribution in [0.15, 0.2) is 44.3 Å². The molecule has 1 heterocycles. The van der Waals surface area contributed by atoms with Crippen LogP contribution in [0.5, 0.6) is 11.5 Å². The number of aliphatic imine (C=N–C) groups is 1. The zero-order valence-electron chi connectivity index (χ0n) is 14.7. The minimum Gasteiger partial charge on any atom is -0.504 e. The van der Waals surface area contributed by atoms with E-state index in [4.69, 9.17) is 4.74 Å². The average Bonchev–Trinajstić information content (AvgIpc) is 2.67. The van der Waals surface area contributed by atoms with Crippen LogP contribution < -0.4 is 9.64 Å². The lowest BCUT2D eigenvalue weighted by Crippen LogP contribution is -2.29. The third kappa shape index (κ3) is 4.23. The quantitative estimate of drug-likeness (QED) is 0.528. The smallest absolute Gasteiger partial charge is 0.167 e. The summed E-state index contributed by atoms with van der Waals surface area (Å²) in [6.07, 6.45) is 5.41. The summed E-state index contributed by atoms with van der Waals surface area (Å²) in [4.78, 5) is 7.07. The number of ether oxygens (including phenoxy) is 1. The van der Waals surface area contributed by atoms with E-state index in [9.17, 15) is 5.11 Å². The van der Waals surface area contributed by atoms with Gasteiger partial charge in [0.05, 0.1) is 23.5 Å². The molecule has 2 aromatic carbocycles. The largest absolute Gasteiger partial charge is 0.504 e. The van der Waals surface area contributed by atoms with Crippen LogP contribution in [-0.4, -0.2) is 31.0 Å². The second-order valence-corrected chi connectivity index (χ2v) is 7.81. The second kappa shape index (κ2) is 8.91. The number of benzene rings is 2. The van der Waals surface area contributed by atoms with Crippen molar-refractivity contribution >= 4 is 49.4 Å². The van der Waals surface area contributed by atoms with Gasteiger partial charge in [0.25, 0.3) is 0 Å². The lowest BCUT2D eigenvalue weighted by molar-refractivity contribution is 0.317. The molecule has 4 nitrogen and oxygen atoms in total. The molecule has 2 aromatic rings. The number of phenolic OH excluding ortho intramolecular Hbond substituents is 1. The van der Waals surface area contributed by atoms with Crippen LogP contribution in [0.25, 0.3) is 0 Å². The van der Waals surface area contributed by atoms with Crippen molar-refractivity contribution in [1.82, 2.24) is 0 Å². The summed E-state index contributed by atoms with van der Waals surface area (Å²) in [6, 6.07) is 9.90. The van der Waals surface area contributed by atoms with Gasteiger partial charge in [0, 0.05) is 28.2 Å². The fraction of sp³-hybridized carbons (Fsp3) is 0.350. The Hall–Kier alpha value is -1.53. The molecule has 0 unspecified atom stereocenters. The van der Waals surface area contributed by atoms with Gasteiger partial charge in [-0.05, 0) is 76.2 Å². The van der Waals surface area contributed by atoms with Crippen LogP contribution in [0.1, 0.15) is 31.7 Å². The number of halogens is 2. The highest BCUT2D eigenvalue weighted by atomic mass is 79.9. The normalized spacial score (nSPS) is 14.8. The minimum atomic E-state index is 0.0844. The van der Waals surface area contributed by atoms with Gasteiger partial charge in [-0.25, -0.2) is 0 Å². The molecular weight excluding hydrogens is 460 g/mol. The maximum absolute atomic E-state index is 10.5. The number of phenols is 1. The van der Waals surface area contributed by atoms with Crippen LogP contribution in [0.3, 0.4) is 0 Å². The SMILES string of the molecule is CCOc1cc(Br)c(Br)c(C=Nc2ccccc2N2CCCCC2)c1O. The van der Waals surface area contributed by atoms with E-state index in [1.54, 1.807) is 12.3 Å². The van der Waals surface area contributed by atoms with E-state index in [0.717, 1.165) is 33.4 Å². The predicted octanol–water partition coefficient (Wildman–Crippen LogP) is 6.06. The van der Waals surface area contributed by atoms with Crippen LogP contribution >= 0.6 is 31.9 Å². The Morgan fingerprint density at radius 3 is 2.65 bits per heavy atom. The van der Waals surface area contributed by atoms with Gasteiger partial charge in [-0.2, -0.15) is 0 Å². The van der Waals surface area contributed by atoms with Crippen LogP contribution in [-0.2, 0) is 0 Å². The minimum absolute atomic E-state index is 0.0844. The number of aromatic hydroxyl groups is 1. The van der Waals surface area contributed by atoms with Crippen LogP contribution in [0.4, 0.5) is 11.4 Å². The third-order valence-electron chi connectivity index (χ3n) is 4.40. The van der Waals surface area contributed by atoms with Crippen molar-refractivity contribution in [2.75, 3.05) is 24.6 Å². The summed E-state index contributed by atoms with van der Waals surface area (Å²) in [7, 11) is 0. The Kier molecular flexibility index (Phi) is 6.59. The van der Waals surface area contributed by atoms with Crippen LogP contribution in [0, 0.1) is 0 Å². The topological polar surface area (TPSA) is 45.1 Å². The Morgan fingerprint density at radius 2 is 1.92 bits per heavy atom. The predicted molar refractivity (Wildman–Crippen MR) is 114 cm³/mol. The first-order chi connectivity index (χ1) is 12.6. The number of hydrogen-bond acceptors (Lipinski definition) is 4.